The molecule has 1 saturated carbocycles. The van der Waals surface area contributed by atoms with Crippen molar-refractivity contribution in [1.82, 2.24) is 5.32 Å². The van der Waals surface area contributed by atoms with E-state index >= 15 is 0 Å². The average molecular weight is 166 g/mol. The minimum Gasteiger partial charge on any atom is -0.340 e. The Kier molecular flexibility index (Phi) is 2.69. The SMILES string of the molecule is CC(C)C(C#N)NC(=O)C1CC1. The fourth-order valence-corrected chi connectivity index (χ4v) is 0.965. The molecule has 0 saturated heterocycles. The van der Waals surface area contributed by atoms with E-state index in [1.54, 1.807) is 0 Å². The summed E-state index contributed by atoms with van der Waals surface area (Å²) in [7, 11) is 0. The van der Waals surface area contributed by atoms with E-state index in [-0.39, 0.29) is 23.8 Å². The second-order valence-corrected chi connectivity index (χ2v) is 3.63. The van der Waals surface area contributed by atoms with Gasteiger partial charge in [-0.25, -0.2) is 0 Å². The van der Waals surface area contributed by atoms with Crippen LogP contribution < -0.4 is 5.32 Å². The monoisotopic (exact) mass is 166 g/mol. The smallest absolute Gasteiger partial charge is 0.224 e. The van der Waals surface area contributed by atoms with E-state index < -0.39 is 0 Å². The highest BCUT2D eigenvalue weighted by molar-refractivity contribution is 5.81. The molecule has 0 aromatic carbocycles. The number of nitrogens with one attached hydrogen (secondary N) is 1. The van der Waals surface area contributed by atoms with Crippen LogP contribution in [0, 0.1) is 23.2 Å². The number of hydrogen-bond donors (Lipinski definition) is 1. The molecular formula is C9H14N2O. The maximum Gasteiger partial charge on any atom is 0.224 e. The predicted molar refractivity (Wildman–Crippen MR) is 45.1 cm³/mol. The molecule has 3 nitrogen and oxygen atoms in total. The summed E-state index contributed by atoms with van der Waals surface area (Å²) in [5.74, 6) is 0.438. The van der Waals surface area contributed by atoms with E-state index in [0.29, 0.717) is 0 Å². The van der Waals surface area contributed by atoms with Crippen molar-refractivity contribution in [2.45, 2.75) is 32.7 Å². The molecule has 12 heavy (non-hydrogen) atoms. The zero-order valence-electron chi connectivity index (χ0n) is 7.50. The van der Waals surface area contributed by atoms with Gasteiger partial charge in [-0.1, -0.05) is 13.8 Å². The highest BCUT2D eigenvalue weighted by Crippen LogP contribution is 2.29. The van der Waals surface area contributed by atoms with Gasteiger partial charge in [-0.05, 0) is 18.8 Å². The number of nitrogens with zero attached hydrogens (tertiary/aromatic N) is 1. The summed E-state index contributed by atoms with van der Waals surface area (Å²) in [5.41, 5.74) is 0. The van der Waals surface area contributed by atoms with Gasteiger partial charge in [0.2, 0.25) is 5.91 Å². The molecule has 0 aromatic heterocycles. The zero-order chi connectivity index (χ0) is 9.14. The molecule has 0 bridgehead atoms. The molecule has 1 N–H and O–H groups in total. The molecule has 0 spiro atoms. The van der Waals surface area contributed by atoms with E-state index in [1.165, 1.54) is 0 Å². The first-order valence-corrected chi connectivity index (χ1v) is 4.35. The van der Waals surface area contributed by atoms with E-state index in [9.17, 15) is 4.79 Å². The van der Waals surface area contributed by atoms with Crippen LogP contribution >= 0.6 is 0 Å². The van der Waals surface area contributed by atoms with Crippen molar-refractivity contribution in [2.75, 3.05) is 0 Å². The number of amides is 1. The molecule has 1 rings (SSSR count). The molecule has 0 aliphatic heterocycles. The van der Waals surface area contributed by atoms with E-state index in [1.807, 2.05) is 13.8 Å². The molecule has 0 heterocycles. The largest absolute Gasteiger partial charge is 0.340 e. The van der Waals surface area contributed by atoms with Crippen LogP contribution in [0.3, 0.4) is 0 Å². The first kappa shape index (κ1) is 9.05. The first-order valence-electron chi connectivity index (χ1n) is 4.35. The number of carbonyl (C=O) groups excluding carboxylic acids is 1. The van der Waals surface area contributed by atoms with Crippen molar-refractivity contribution in [3.63, 3.8) is 0 Å². The lowest BCUT2D eigenvalue weighted by molar-refractivity contribution is -0.122. The molecule has 0 aromatic rings. The van der Waals surface area contributed by atoms with Gasteiger partial charge in [0.15, 0.2) is 0 Å². The van der Waals surface area contributed by atoms with Crippen molar-refractivity contribution in [1.29, 1.82) is 5.26 Å². The number of nitriles is 1. The third kappa shape index (κ3) is 2.23. The van der Waals surface area contributed by atoms with Gasteiger partial charge < -0.3 is 5.32 Å². The quantitative estimate of drug-likeness (QED) is 0.681. The standard InChI is InChI=1S/C9H14N2O/c1-6(2)8(5-10)11-9(12)7-3-4-7/h6-8H,3-4H2,1-2H3,(H,11,12). The summed E-state index contributed by atoms with van der Waals surface area (Å²) in [6, 6.07) is 1.76. The molecule has 0 radical (unpaired) electrons. The number of rotatable bonds is 3. The highest BCUT2D eigenvalue weighted by atomic mass is 16.2. The molecular weight excluding hydrogens is 152 g/mol. The molecule has 1 amide bonds. The first-order chi connectivity index (χ1) is 5.65. The molecule has 66 valence electrons. The van der Waals surface area contributed by atoms with Crippen LogP contribution in [-0.2, 0) is 4.79 Å². The number of carbonyl (C=O) groups is 1. The third-order valence-corrected chi connectivity index (χ3v) is 2.05. The Bertz CT molecular complexity index is 213. The minimum atomic E-state index is -0.321. The van der Waals surface area contributed by atoms with Gasteiger partial charge in [-0.3, -0.25) is 4.79 Å². The molecule has 1 aliphatic carbocycles. The molecule has 1 unspecified atom stereocenters. The Hall–Kier alpha value is -1.04. The normalized spacial score (nSPS) is 18.5. The molecule has 3 heteroatoms. The summed E-state index contributed by atoms with van der Waals surface area (Å²) < 4.78 is 0. The Morgan fingerprint density at radius 1 is 1.58 bits per heavy atom. The van der Waals surface area contributed by atoms with Gasteiger partial charge >= 0.3 is 0 Å². The van der Waals surface area contributed by atoms with Gasteiger partial charge in [0, 0.05) is 5.92 Å². The number of hydrogen-bond acceptors (Lipinski definition) is 2. The summed E-state index contributed by atoms with van der Waals surface area (Å²) >= 11 is 0. The van der Waals surface area contributed by atoms with E-state index in [0.717, 1.165) is 12.8 Å². The maximum absolute atomic E-state index is 11.2. The van der Waals surface area contributed by atoms with Gasteiger partial charge in [0.1, 0.15) is 6.04 Å². The second kappa shape index (κ2) is 3.57. The Morgan fingerprint density at radius 3 is 2.50 bits per heavy atom. The average Bonchev–Trinajstić information content (AvgIpc) is 2.80. The van der Waals surface area contributed by atoms with Crippen LogP contribution in [-0.4, -0.2) is 11.9 Å². The van der Waals surface area contributed by atoms with Crippen molar-refractivity contribution < 1.29 is 4.79 Å². The molecule has 1 atom stereocenters. The van der Waals surface area contributed by atoms with E-state index in [2.05, 4.69) is 11.4 Å². The lowest BCUT2D eigenvalue weighted by Crippen LogP contribution is -2.38. The van der Waals surface area contributed by atoms with Crippen molar-refractivity contribution in [3.8, 4) is 6.07 Å². The second-order valence-electron chi connectivity index (χ2n) is 3.63. The summed E-state index contributed by atoms with van der Waals surface area (Å²) in [4.78, 5) is 11.2. The fourth-order valence-electron chi connectivity index (χ4n) is 0.965. The summed E-state index contributed by atoms with van der Waals surface area (Å²) in [6.45, 7) is 3.86. The van der Waals surface area contributed by atoms with Crippen LogP contribution in [0.25, 0.3) is 0 Å². The van der Waals surface area contributed by atoms with Crippen LogP contribution in [0.5, 0.6) is 0 Å². The third-order valence-electron chi connectivity index (χ3n) is 2.05. The van der Waals surface area contributed by atoms with Crippen LogP contribution in [0.2, 0.25) is 0 Å². The maximum atomic E-state index is 11.2. The van der Waals surface area contributed by atoms with E-state index in [4.69, 9.17) is 5.26 Å². The topological polar surface area (TPSA) is 52.9 Å². The Morgan fingerprint density at radius 2 is 2.17 bits per heavy atom. The van der Waals surface area contributed by atoms with Gasteiger partial charge in [0.25, 0.3) is 0 Å². The predicted octanol–water partition coefficient (Wildman–Crippen LogP) is 1.06. The Balaban J connectivity index is 2.37. The van der Waals surface area contributed by atoms with Crippen LogP contribution in [0.15, 0.2) is 0 Å². The lowest BCUT2D eigenvalue weighted by atomic mass is 10.1. The van der Waals surface area contributed by atoms with Gasteiger partial charge in [-0.15, -0.1) is 0 Å². The summed E-state index contributed by atoms with van der Waals surface area (Å²) in [6.07, 6.45) is 1.98. The van der Waals surface area contributed by atoms with Gasteiger partial charge in [0.05, 0.1) is 6.07 Å². The highest BCUT2D eigenvalue weighted by Gasteiger charge is 2.31. The molecule has 1 fully saturated rings. The fraction of sp³-hybridized carbons (Fsp3) is 0.778. The Labute approximate surface area is 72.8 Å². The van der Waals surface area contributed by atoms with Gasteiger partial charge in [-0.2, -0.15) is 5.26 Å². The van der Waals surface area contributed by atoms with Crippen molar-refractivity contribution in [3.05, 3.63) is 0 Å². The minimum absolute atomic E-state index is 0.0512. The van der Waals surface area contributed by atoms with Crippen LogP contribution in [0.1, 0.15) is 26.7 Å². The van der Waals surface area contributed by atoms with Crippen LogP contribution in [0.4, 0.5) is 0 Å². The van der Waals surface area contributed by atoms with Crippen molar-refractivity contribution in [2.24, 2.45) is 11.8 Å². The summed E-state index contributed by atoms with van der Waals surface area (Å²) in [5, 5.41) is 11.4. The molecule has 1 aliphatic rings. The lowest BCUT2D eigenvalue weighted by Gasteiger charge is -2.14. The zero-order valence-corrected chi connectivity index (χ0v) is 7.50. The van der Waals surface area contributed by atoms with Crippen molar-refractivity contribution >= 4 is 5.91 Å².